The number of nitrogens with one attached hydrogen (secondary N) is 1. The van der Waals surface area contributed by atoms with Crippen LogP contribution in [0.2, 0.25) is 0 Å². The van der Waals surface area contributed by atoms with Crippen molar-refractivity contribution in [1.29, 1.82) is 0 Å². The fourth-order valence-electron chi connectivity index (χ4n) is 1.63. The third-order valence-corrected chi connectivity index (χ3v) is 3.64. The largest absolute Gasteiger partial charge is 0.370 e. The molecule has 1 aromatic heterocycles. The van der Waals surface area contributed by atoms with Crippen LogP contribution in [-0.2, 0) is 0 Å². The molecule has 0 radical (unpaired) electrons. The Morgan fingerprint density at radius 2 is 2.31 bits per heavy atom. The van der Waals surface area contributed by atoms with E-state index in [4.69, 9.17) is 5.73 Å². The minimum absolute atomic E-state index is 0.280. The zero-order valence-corrected chi connectivity index (χ0v) is 10.6. The summed E-state index contributed by atoms with van der Waals surface area (Å²) in [6.07, 6.45) is 2.38. The number of hydrogen-bond donors (Lipinski definition) is 2. The summed E-state index contributed by atoms with van der Waals surface area (Å²) in [7, 11) is 0. The van der Waals surface area contributed by atoms with E-state index in [1.54, 1.807) is 11.3 Å². The van der Waals surface area contributed by atoms with Gasteiger partial charge in [-0.25, -0.2) is 0 Å². The van der Waals surface area contributed by atoms with Crippen LogP contribution in [0, 0.1) is 5.92 Å². The highest BCUT2D eigenvalue weighted by molar-refractivity contribution is 7.10. The Bertz CT molecular complexity index is 352. The van der Waals surface area contributed by atoms with Crippen LogP contribution in [0.15, 0.2) is 22.5 Å². The van der Waals surface area contributed by atoms with Crippen LogP contribution < -0.4 is 11.1 Å². The first-order valence-electron chi connectivity index (χ1n) is 5.80. The fourth-order valence-corrected chi connectivity index (χ4v) is 2.58. The van der Waals surface area contributed by atoms with Crippen LogP contribution in [0.4, 0.5) is 0 Å². The minimum atomic E-state index is 0.280. The number of thiophene rings is 1. The second kappa shape index (κ2) is 4.87. The van der Waals surface area contributed by atoms with Gasteiger partial charge in [-0.05, 0) is 30.2 Å². The predicted molar refractivity (Wildman–Crippen MR) is 69.7 cm³/mol. The number of hydrogen-bond acceptors (Lipinski definition) is 2. The Labute approximate surface area is 101 Å². The van der Waals surface area contributed by atoms with Crippen molar-refractivity contribution >= 4 is 17.3 Å². The van der Waals surface area contributed by atoms with Crippen LogP contribution in [0.3, 0.4) is 0 Å². The molecule has 1 unspecified atom stereocenters. The molecule has 88 valence electrons. The molecular formula is C12H19N3S. The molecule has 0 bridgehead atoms. The second-order valence-corrected chi connectivity index (χ2v) is 5.61. The first-order valence-corrected chi connectivity index (χ1v) is 6.68. The Balaban J connectivity index is 2.02. The molecule has 1 atom stereocenters. The van der Waals surface area contributed by atoms with E-state index in [-0.39, 0.29) is 6.04 Å². The molecule has 1 aliphatic rings. The normalized spacial score (nSPS) is 18.8. The van der Waals surface area contributed by atoms with Gasteiger partial charge in [0.25, 0.3) is 0 Å². The molecule has 3 nitrogen and oxygen atoms in total. The van der Waals surface area contributed by atoms with Gasteiger partial charge >= 0.3 is 0 Å². The number of guanidine groups is 1. The van der Waals surface area contributed by atoms with Crippen LogP contribution in [0.5, 0.6) is 0 Å². The zero-order valence-electron chi connectivity index (χ0n) is 9.81. The van der Waals surface area contributed by atoms with E-state index in [2.05, 4.69) is 41.7 Å². The molecule has 0 aliphatic heterocycles. The number of rotatable bonds is 4. The Morgan fingerprint density at radius 1 is 1.56 bits per heavy atom. The molecule has 4 heteroatoms. The van der Waals surface area contributed by atoms with Gasteiger partial charge < -0.3 is 11.1 Å². The van der Waals surface area contributed by atoms with E-state index in [0.29, 0.717) is 17.9 Å². The maximum Gasteiger partial charge on any atom is 0.189 e. The first-order chi connectivity index (χ1) is 7.66. The van der Waals surface area contributed by atoms with Crippen molar-refractivity contribution in [3.63, 3.8) is 0 Å². The maximum atomic E-state index is 5.90. The molecule has 2 rings (SSSR count). The molecule has 1 aliphatic carbocycles. The van der Waals surface area contributed by atoms with Gasteiger partial charge in [0.15, 0.2) is 5.96 Å². The fraction of sp³-hybridized carbons (Fsp3) is 0.583. The van der Waals surface area contributed by atoms with Crippen molar-refractivity contribution in [3.8, 4) is 0 Å². The van der Waals surface area contributed by atoms with Crippen molar-refractivity contribution in [2.45, 2.75) is 38.8 Å². The standard InChI is InChI=1S/C12H19N3S/c1-8(2)11(10-4-3-7-16-10)15-12(13)14-9-5-6-9/h3-4,7-9,11H,5-6H2,1-2H3,(H3,13,14,15). The van der Waals surface area contributed by atoms with Gasteiger partial charge in [0.05, 0.1) is 12.1 Å². The maximum absolute atomic E-state index is 5.90. The highest BCUT2D eigenvalue weighted by Crippen LogP contribution is 2.26. The quantitative estimate of drug-likeness (QED) is 0.624. The third-order valence-electron chi connectivity index (χ3n) is 2.69. The summed E-state index contributed by atoms with van der Waals surface area (Å²) in [5.41, 5.74) is 5.90. The molecule has 0 spiro atoms. The molecule has 16 heavy (non-hydrogen) atoms. The monoisotopic (exact) mass is 237 g/mol. The van der Waals surface area contributed by atoms with Crippen molar-refractivity contribution in [2.75, 3.05) is 0 Å². The SMILES string of the molecule is CC(C)C(NC(N)=NC1CC1)c1cccs1. The Kier molecular flexibility index (Phi) is 3.49. The van der Waals surface area contributed by atoms with E-state index in [1.165, 1.54) is 17.7 Å². The van der Waals surface area contributed by atoms with Crippen molar-refractivity contribution in [2.24, 2.45) is 16.6 Å². The second-order valence-electron chi connectivity index (χ2n) is 4.63. The summed E-state index contributed by atoms with van der Waals surface area (Å²) >= 11 is 1.76. The van der Waals surface area contributed by atoms with E-state index in [9.17, 15) is 0 Å². The topological polar surface area (TPSA) is 50.4 Å². The van der Waals surface area contributed by atoms with E-state index < -0.39 is 0 Å². The lowest BCUT2D eigenvalue weighted by Crippen LogP contribution is -2.37. The summed E-state index contributed by atoms with van der Waals surface area (Å²) in [5, 5.41) is 5.43. The highest BCUT2D eigenvalue weighted by atomic mass is 32.1. The van der Waals surface area contributed by atoms with Gasteiger partial charge in [-0.2, -0.15) is 0 Å². The number of nitrogens with zero attached hydrogens (tertiary/aromatic N) is 1. The molecule has 1 aromatic rings. The van der Waals surface area contributed by atoms with Crippen LogP contribution >= 0.6 is 11.3 Å². The summed E-state index contributed by atoms with van der Waals surface area (Å²) in [4.78, 5) is 5.73. The van der Waals surface area contributed by atoms with E-state index >= 15 is 0 Å². The lowest BCUT2D eigenvalue weighted by Gasteiger charge is -2.21. The predicted octanol–water partition coefficient (Wildman–Crippen LogP) is 2.51. The summed E-state index contributed by atoms with van der Waals surface area (Å²) in [5.74, 6) is 1.10. The first kappa shape index (κ1) is 11.5. The van der Waals surface area contributed by atoms with Crippen LogP contribution in [0.1, 0.15) is 37.6 Å². The smallest absolute Gasteiger partial charge is 0.189 e. The Morgan fingerprint density at radius 3 is 2.81 bits per heavy atom. The van der Waals surface area contributed by atoms with Gasteiger partial charge in [-0.3, -0.25) is 4.99 Å². The van der Waals surface area contributed by atoms with Gasteiger partial charge in [0.1, 0.15) is 0 Å². The average molecular weight is 237 g/mol. The number of nitrogens with two attached hydrogens (primary N) is 1. The zero-order chi connectivity index (χ0) is 11.5. The molecule has 1 heterocycles. The minimum Gasteiger partial charge on any atom is -0.370 e. The molecular weight excluding hydrogens is 218 g/mol. The van der Waals surface area contributed by atoms with Crippen molar-refractivity contribution < 1.29 is 0 Å². The number of aliphatic imine (C=N–C) groups is 1. The van der Waals surface area contributed by atoms with Gasteiger partial charge in [0, 0.05) is 4.88 Å². The van der Waals surface area contributed by atoms with Gasteiger partial charge in [-0.1, -0.05) is 19.9 Å². The molecule has 0 amide bonds. The Hall–Kier alpha value is -1.03. The lowest BCUT2D eigenvalue weighted by atomic mass is 10.0. The third kappa shape index (κ3) is 2.98. The summed E-state index contributed by atoms with van der Waals surface area (Å²) in [6, 6.07) is 4.98. The summed E-state index contributed by atoms with van der Waals surface area (Å²) in [6.45, 7) is 4.39. The molecule has 1 fully saturated rings. The van der Waals surface area contributed by atoms with Gasteiger partial charge in [-0.15, -0.1) is 11.3 Å². The lowest BCUT2D eigenvalue weighted by molar-refractivity contribution is 0.476. The highest BCUT2D eigenvalue weighted by Gasteiger charge is 2.22. The van der Waals surface area contributed by atoms with E-state index in [0.717, 1.165) is 0 Å². The molecule has 0 saturated heterocycles. The summed E-state index contributed by atoms with van der Waals surface area (Å²) < 4.78 is 0. The van der Waals surface area contributed by atoms with Crippen LogP contribution in [-0.4, -0.2) is 12.0 Å². The molecule has 1 saturated carbocycles. The van der Waals surface area contributed by atoms with Crippen molar-refractivity contribution in [1.82, 2.24) is 5.32 Å². The van der Waals surface area contributed by atoms with Crippen molar-refractivity contribution in [3.05, 3.63) is 22.4 Å². The van der Waals surface area contributed by atoms with Gasteiger partial charge in [0.2, 0.25) is 0 Å². The van der Waals surface area contributed by atoms with E-state index in [1.807, 2.05) is 0 Å². The molecule has 3 N–H and O–H groups in total. The average Bonchev–Trinajstić information content (AvgIpc) is 2.87. The van der Waals surface area contributed by atoms with Crippen LogP contribution in [0.25, 0.3) is 0 Å². The molecule has 0 aromatic carbocycles.